The van der Waals surface area contributed by atoms with E-state index < -0.39 is 0 Å². The summed E-state index contributed by atoms with van der Waals surface area (Å²) in [6.07, 6.45) is 6.93. The second-order valence-electron chi connectivity index (χ2n) is 6.51. The van der Waals surface area contributed by atoms with E-state index in [0.29, 0.717) is 11.3 Å². The summed E-state index contributed by atoms with van der Waals surface area (Å²) in [6, 6.07) is 14.3. The number of rotatable bonds is 5. The molecule has 140 valence electrons. The van der Waals surface area contributed by atoms with E-state index in [1.807, 2.05) is 12.1 Å². The molecule has 1 fully saturated rings. The Morgan fingerprint density at radius 2 is 1.74 bits per heavy atom. The van der Waals surface area contributed by atoms with Gasteiger partial charge >= 0.3 is 5.97 Å². The number of esters is 1. The average Bonchev–Trinajstić information content (AvgIpc) is 2.70. The van der Waals surface area contributed by atoms with Crippen LogP contribution in [0.2, 0.25) is 0 Å². The molecular formula is C21H21IN2O3. The molecule has 1 N–H and O–H groups in total. The summed E-state index contributed by atoms with van der Waals surface area (Å²) in [5.41, 5.74) is 3.97. The third-order valence-electron chi connectivity index (χ3n) is 4.55. The predicted octanol–water partition coefficient (Wildman–Crippen LogP) is 4.54. The van der Waals surface area contributed by atoms with Crippen LogP contribution in [0.1, 0.15) is 48.0 Å². The Labute approximate surface area is 172 Å². The number of carbonyl (C=O) groups excluding carboxylic acids is 2. The van der Waals surface area contributed by atoms with Crippen molar-refractivity contribution in [1.82, 2.24) is 5.43 Å². The molecule has 0 aliphatic heterocycles. The zero-order valence-electron chi connectivity index (χ0n) is 14.9. The van der Waals surface area contributed by atoms with Crippen LogP contribution >= 0.6 is 22.6 Å². The van der Waals surface area contributed by atoms with E-state index in [9.17, 15) is 9.59 Å². The number of hydrazone groups is 1. The first-order valence-electron chi connectivity index (χ1n) is 9.03. The molecule has 0 unspecified atom stereocenters. The van der Waals surface area contributed by atoms with Crippen molar-refractivity contribution in [2.75, 3.05) is 0 Å². The van der Waals surface area contributed by atoms with Crippen LogP contribution in [0.15, 0.2) is 53.6 Å². The number of amides is 1. The topological polar surface area (TPSA) is 67.8 Å². The average molecular weight is 476 g/mol. The number of hydrogen-bond acceptors (Lipinski definition) is 4. The molecule has 0 heterocycles. The monoisotopic (exact) mass is 476 g/mol. The van der Waals surface area contributed by atoms with Gasteiger partial charge in [0.2, 0.25) is 5.91 Å². The Kier molecular flexibility index (Phi) is 6.98. The zero-order valence-corrected chi connectivity index (χ0v) is 17.0. The normalized spacial score (nSPS) is 14.9. The molecule has 2 aromatic rings. The van der Waals surface area contributed by atoms with Crippen LogP contribution in [0, 0.1) is 9.49 Å². The van der Waals surface area contributed by atoms with E-state index in [2.05, 4.69) is 33.1 Å². The van der Waals surface area contributed by atoms with Crippen molar-refractivity contribution in [3.8, 4) is 5.75 Å². The second-order valence-corrected chi connectivity index (χ2v) is 7.67. The van der Waals surface area contributed by atoms with Gasteiger partial charge in [-0.25, -0.2) is 10.2 Å². The molecule has 3 rings (SSSR count). The van der Waals surface area contributed by atoms with Crippen LogP contribution in [0.4, 0.5) is 0 Å². The first kappa shape index (κ1) is 19.5. The van der Waals surface area contributed by atoms with E-state index in [-0.39, 0.29) is 17.8 Å². The highest BCUT2D eigenvalue weighted by molar-refractivity contribution is 14.1. The Hall–Kier alpha value is -2.22. The summed E-state index contributed by atoms with van der Waals surface area (Å²) < 4.78 is 6.25. The van der Waals surface area contributed by atoms with Gasteiger partial charge in [-0.15, -0.1) is 0 Å². The summed E-state index contributed by atoms with van der Waals surface area (Å²) in [5, 5.41) is 4.03. The van der Waals surface area contributed by atoms with Gasteiger partial charge in [0, 0.05) is 9.49 Å². The molecule has 6 heteroatoms. The van der Waals surface area contributed by atoms with Gasteiger partial charge in [0.1, 0.15) is 5.75 Å². The van der Waals surface area contributed by atoms with Gasteiger partial charge in [0.05, 0.1) is 11.8 Å². The van der Waals surface area contributed by atoms with Crippen molar-refractivity contribution in [2.45, 2.75) is 32.1 Å². The Morgan fingerprint density at radius 3 is 2.44 bits per heavy atom. The van der Waals surface area contributed by atoms with Crippen molar-refractivity contribution < 1.29 is 14.3 Å². The van der Waals surface area contributed by atoms with Gasteiger partial charge in [0.25, 0.3) is 0 Å². The lowest BCUT2D eigenvalue weighted by atomic mass is 9.89. The number of halogens is 1. The smallest absolute Gasteiger partial charge is 0.344 e. The summed E-state index contributed by atoms with van der Waals surface area (Å²) in [6.45, 7) is 0. The quantitative estimate of drug-likeness (QED) is 0.227. The van der Waals surface area contributed by atoms with Gasteiger partial charge in [0.15, 0.2) is 0 Å². The Bertz CT molecular complexity index is 828. The predicted molar refractivity (Wildman–Crippen MR) is 113 cm³/mol. The maximum Gasteiger partial charge on any atom is 0.344 e. The SMILES string of the molecule is O=C(Oc1ccc(/C=N\NC(=O)C2CCCCC2)cc1)c1ccccc1I. The summed E-state index contributed by atoms with van der Waals surface area (Å²) in [5.74, 6) is 0.150. The standard InChI is InChI=1S/C21H21IN2O3/c22-19-9-5-4-8-18(19)21(26)27-17-12-10-15(11-13-17)14-23-24-20(25)16-6-2-1-3-7-16/h4-5,8-14,16H,1-3,6-7H2,(H,24,25)/b23-14-. The molecule has 27 heavy (non-hydrogen) atoms. The Morgan fingerprint density at radius 1 is 1.04 bits per heavy atom. The first-order chi connectivity index (χ1) is 13.1. The minimum Gasteiger partial charge on any atom is -0.423 e. The number of nitrogens with zero attached hydrogens (tertiary/aromatic N) is 1. The number of hydrogen-bond donors (Lipinski definition) is 1. The number of nitrogens with one attached hydrogen (secondary N) is 1. The fourth-order valence-corrected chi connectivity index (χ4v) is 3.64. The molecule has 1 aliphatic rings. The molecule has 0 aromatic heterocycles. The Balaban J connectivity index is 1.53. The first-order valence-corrected chi connectivity index (χ1v) is 10.1. The highest BCUT2D eigenvalue weighted by Gasteiger charge is 2.20. The van der Waals surface area contributed by atoms with Crippen LogP contribution in [0.25, 0.3) is 0 Å². The van der Waals surface area contributed by atoms with E-state index >= 15 is 0 Å². The fourth-order valence-electron chi connectivity index (χ4n) is 3.04. The largest absolute Gasteiger partial charge is 0.423 e. The van der Waals surface area contributed by atoms with E-state index in [4.69, 9.17) is 4.74 Å². The summed E-state index contributed by atoms with van der Waals surface area (Å²) in [4.78, 5) is 24.3. The van der Waals surface area contributed by atoms with Crippen molar-refractivity contribution in [3.63, 3.8) is 0 Å². The molecule has 0 spiro atoms. The zero-order chi connectivity index (χ0) is 19.1. The molecule has 0 radical (unpaired) electrons. The van der Waals surface area contributed by atoms with Gasteiger partial charge in [-0.1, -0.05) is 31.4 Å². The molecular weight excluding hydrogens is 455 g/mol. The number of ether oxygens (including phenoxy) is 1. The lowest BCUT2D eigenvalue weighted by Crippen LogP contribution is -2.28. The maximum absolute atomic E-state index is 12.2. The van der Waals surface area contributed by atoms with E-state index in [1.54, 1.807) is 42.6 Å². The van der Waals surface area contributed by atoms with Crippen molar-refractivity contribution in [1.29, 1.82) is 0 Å². The highest BCUT2D eigenvalue weighted by Crippen LogP contribution is 2.23. The molecule has 1 saturated carbocycles. The van der Waals surface area contributed by atoms with Gasteiger partial charge < -0.3 is 4.74 Å². The lowest BCUT2D eigenvalue weighted by Gasteiger charge is -2.19. The van der Waals surface area contributed by atoms with Crippen LogP contribution in [0.3, 0.4) is 0 Å². The maximum atomic E-state index is 12.2. The van der Waals surface area contributed by atoms with Gasteiger partial charge in [-0.3, -0.25) is 4.79 Å². The third kappa shape index (κ3) is 5.63. The van der Waals surface area contributed by atoms with E-state index in [1.165, 1.54) is 6.42 Å². The van der Waals surface area contributed by atoms with Gasteiger partial charge in [-0.05, 0) is 77.4 Å². The van der Waals surface area contributed by atoms with Crippen LogP contribution in [0.5, 0.6) is 5.75 Å². The molecule has 5 nitrogen and oxygen atoms in total. The number of benzene rings is 2. The molecule has 0 bridgehead atoms. The molecule has 1 amide bonds. The highest BCUT2D eigenvalue weighted by atomic mass is 127. The van der Waals surface area contributed by atoms with Crippen LogP contribution < -0.4 is 10.2 Å². The van der Waals surface area contributed by atoms with Crippen LogP contribution in [-0.2, 0) is 4.79 Å². The molecule has 0 saturated heterocycles. The molecule has 2 aromatic carbocycles. The lowest BCUT2D eigenvalue weighted by molar-refractivity contribution is -0.125. The van der Waals surface area contributed by atoms with Crippen molar-refractivity contribution in [3.05, 3.63) is 63.2 Å². The minimum atomic E-state index is -0.388. The molecule has 1 aliphatic carbocycles. The molecule has 0 atom stereocenters. The number of carbonyl (C=O) groups is 2. The second kappa shape index (κ2) is 9.64. The summed E-state index contributed by atoms with van der Waals surface area (Å²) in [7, 11) is 0. The van der Waals surface area contributed by atoms with Gasteiger partial charge in [-0.2, -0.15) is 5.10 Å². The third-order valence-corrected chi connectivity index (χ3v) is 5.49. The minimum absolute atomic E-state index is 0.00559. The van der Waals surface area contributed by atoms with Crippen molar-refractivity contribution >= 4 is 40.7 Å². The fraction of sp³-hybridized carbons (Fsp3) is 0.286. The van der Waals surface area contributed by atoms with Crippen molar-refractivity contribution in [2.24, 2.45) is 11.0 Å². The van der Waals surface area contributed by atoms with Crippen LogP contribution in [-0.4, -0.2) is 18.1 Å². The van der Waals surface area contributed by atoms with E-state index in [0.717, 1.165) is 34.8 Å². The summed E-state index contributed by atoms with van der Waals surface area (Å²) >= 11 is 2.11.